The van der Waals surface area contributed by atoms with Crippen molar-refractivity contribution < 1.29 is 9.53 Å². The minimum atomic E-state index is -0.144. The Morgan fingerprint density at radius 3 is 1.85 bits per heavy atom. The van der Waals surface area contributed by atoms with Crippen LogP contribution >= 0.6 is 0 Å². The molecule has 0 N–H and O–H groups in total. The van der Waals surface area contributed by atoms with Gasteiger partial charge in [-0.2, -0.15) is 0 Å². The van der Waals surface area contributed by atoms with Crippen molar-refractivity contribution in [3.05, 3.63) is 42.4 Å². The number of hydrogen-bond acceptors (Lipinski definition) is 4. The van der Waals surface area contributed by atoms with Crippen LogP contribution in [0.4, 0.5) is 0 Å². The van der Waals surface area contributed by atoms with Crippen LogP contribution in [0.3, 0.4) is 0 Å². The molecule has 0 bridgehead atoms. The number of unbranched alkanes of at least 4 members (excludes halogenated alkanes) is 12. The number of hydrogen-bond donors (Lipinski definition) is 0. The molecule has 182 valence electrons. The maximum atomic E-state index is 12.1. The highest BCUT2D eigenvalue weighted by Gasteiger charge is 2.06. The normalized spacial score (nSPS) is 11.0. The lowest BCUT2D eigenvalue weighted by atomic mass is 10.1. The van der Waals surface area contributed by atoms with E-state index in [-0.39, 0.29) is 5.97 Å². The van der Waals surface area contributed by atoms with Gasteiger partial charge in [0, 0.05) is 18.2 Å². The van der Waals surface area contributed by atoms with Crippen molar-refractivity contribution in [3.8, 4) is 17.0 Å². The molecule has 4 heteroatoms. The first-order valence-electron chi connectivity index (χ1n) is 13.3. The van der Waals surface area contributed by atoms with Crippen LogP contribution in [0.5, 0.6) is 5.75 Å². The van der Waals surface area contributed by atoms with Gasteiger partial charge < -0.3 is 4.74 Å². The first kappa shape index (κ1) is 27.0. The molecule has 0 aliphatic rings. The van der Waals surface area contributed by atoms with Gasteiger partial charge in [-0.3, -0.25) is 14.8 Å². The zero-order valence-electron chi connectivity index (χ0n) is 21.0. The number of benzene rings is 1. The van der Waals surface area contributed by atoms with Crippen LogP contribution in [0.1, 0.15) is 116 Å². The SMILES string of the molecule is CCCCCCCCCCCCCC(=O)Oc1ccc(-c2cnc(CCCCC)cn2)cc1. The molecule has 0 amide bonds. The van der Waals surface area contributed by atoms with Crippen LogP contribution in [-0.2, 0) is 11.2 Å². The van der Waals surface area contributed by atoms with Gasteiger partial charge in [0.2, 0.25) is 0 Å². The van der Waals surface area contributed by atoms with E-state index in [1.165, 1.54) is 70.6 Å². The van der Waals surface area contributed by atoms with Crippen LogP contribution in [0.2, 0.25) is 0 Å². The second kappa shape index (κ2) is 17.3. The van der Waals surface area contributed by atoms with Gasteiger partial charge >= 0.3 is 5.97 Å². The summed E-state index contributed by atoms with van der Waals surface area (Å²) >= 11 is 0. The van der Waals surface area contributed by atoms with Crippen molar-refractivity contribution in [3.63, 3.8) is 0 Å². The highest BCUT2D eigenvalue weighted by molar-refractivity contribution is 5.72. The summed E-state index contributed by atoms with van der Waals surface area (Å²) in [5.41, 5.74) is 2.86. The van der Waals surface area contributed by atoms with Crippen molar-refractivity contribution in [1.29, 1.82) is 0 Å². The second-order valence-electron chi connectivity index (χ2n) is 9.13. The van der Waals surface area contributed by atoms with Crippen LogP contribution in [-0.4, -0.2) is 15.9 Å². The van der Waals surface area contributed by atoms with Gasteiger partial charge in [0.1, 0.15) is 5.75 Å². The third-order valence-electron chi connectivity index (χ3n) is 6.11. The number of rotatable bonds is 18. The molecule has 0 atom stereocenters. The van der Waals surface area contributed by atoms with Gasteiger partial charge in [0.15, 0.2) is 0 Å². The average molecular weight is 453 g/mol. The minimum Gasteiger partial charge on any atom is -0.427 e. The number of aryl methyl sites for hydroxylation is 1. The molecule has 0 spiro atoms. The Morgan fingerprint density at radius 2 is 1.27 bits per heavy atom. The molecule has 1 heterocycles. The van der Waals surface area contributed by atoms with E-state index in [1.54, 1.807) is 0 Å². The summed E-state index contributed by atoms with van der Waals surface area (Å²) in [6.07, 6.45) is 22.8. The van der Waals surface area contributed by atoms with Crippen molar-refractivity contribution in [2.24, 2.45) is 0 Å². The monoisotopic (exact) mass is 452 g/mol. The predicted octanol–water partition coefficient (Wildman–Crippen LogP) is 8.48. The van der Waals surface area contributed by atoms with Gasteiger partial charge in [-0.1, -0.05) is 90.9 Å². The minimum absolute atomic E-state index is 0.144. The number of carbonyl (C=O) groups is 1. The molecule has 1 aromatic carbocycles. The van der Waals surface area contributed by atoms with E-state index in [2.05, 4.69) is 23.8 Å². The fraction of sp³-hybridized carbons (Fsp3) is 0.621. The number of aromatic nitrogens is 2. The number of esters is 1. The predicted molar refractivity (Wildman–Crippen MR) is 137 cm³/mol. The Morgan fingerprint density at radius 1 is 0.697 bits per heavy atom. The van der Waals surface area contributed by atoms with Crippen LogP contribution in [0.25, 0.3) is 11.3 Å². The van der Waals surface area contributed by atoms with Crippen molar-refractivity contribution in [2.45, 2.75) is 117 Å². The van der Waals surface area contributed by atoms with Crippen molar-refractivity contribution in [2.75, 3.05) is 0 Å². The summed E-state index contributed by atoms with van der Waals surface area (Å²) in [4.78, 5) is 21.2. The Bertz CT molecular complexity index is 756. The Hall–Kier alpha value is -2.23. The number of ether oxygens (including phenoxy) is 1. The zero-order valence-corrected chi connectivity index (χ0v) is 21.0. The third kappa shape index (κ3) is 12.0. The molecule has 0 saturated heterocycles. The lowest BCUT2D eigenvalue weighted by molar-refractivity contribution is -0.134. The first-order chi connectivity index (χ1) is 16.2. The average Bonchev–Trinajstić information content (AvgIpc) is 2.84. The van der Waals surface area contributed by atoms with E-state index in [4.69, 9.17) is 4.74 Å². The van der Waals surface area contributed by atoms with Crippen molar-refractivity contribution >= 4 is 5.97 Å². The molecule has 0 radical (unpaired) electrons. The van der Waals surface area contributed by atoms with E-state index < -0.39 is 0 Å². The lowest BCUT2D eigenvalue weighted by Gasteiger charge is -2.06. The topological polar surface area (TPSA) is 52.1 Å². The van der Waals surface area contributed by atoms with E-state index in [9.17, 15) is 4.79 Å². The van der Waals surface area contributed by atoms with Crippen LogP contribution < -0.4 is 4.74 Å². The van der Waals surface area contributed by atoms with Crippen LogP contribution in [0.15, 0.2) is 36.7 Å². The quantitative estimate of drug-likeness (QED) is 0.129. The number of carbonyl (C=O) groups excluding carboxylic acids is 1. The first-order valence-corrected chi connectivity index (χ1v) is 13.3. The van der Waals surface area contributed by atoms with Gasteiger partial charge in [-0.05, 0) is 43.5 Å². The molecule has 33 heavy (non-hydrogen) atoms. The smallest absolute Gasteiger partial charge is 0.311 e. The van der Waals surface area contributed by atoms with Gasteiger partial charge in [-0.15, -0.1) is 0 Å². The molecule has 0 aliphatic carbocycles. The second-order valence-corrected chi connectivity index (χ2v) is 9.13. The highest BCUT2D eigenvalue weighted by atomic mass is 16.5. The standard InChI is InChI=1S/C29H44N2O2/c1-3-5-7-8-9-10-11-12-13-14-16-18-29(32)33-27-21-19-25(20-22-27)28-24-30-26(23-31-28)17-15-6-4-2/h19-24H,3-18H2,1-2H3. The molecule has 0 aliphatic heterocycles. The Labute approximate surface area is 201 Å². The summed E-state index contributed by atoms with van der Waals surface area (Å²) in [5, 5.41) is 0. The molecule has 0 unspecified atom stereocenters. The van der Waals surface area contributed by atoms with Gasteiger partial charge in [0.25, 0.3) is 0 Å². The largest absolute Gasteiger partial charge is 0.427 e. The van der Waals surface area contributed by atoms with Crippen molar-refractivity contribution in [1.82, 2.24) is 9.97 Å². The van der Waals surface area contributed by atoms with E-state index in [0.29, 0.717) is 12.2 Å². The molecule has 2 aromatic rings. The van der Waals surface area contributed by atoms with E-state index in [1.807, 2.05) is 36.7 Å². The van der Waals surface area contributed by atoms with E-state index in [0.717, 1.165) is 42.6 Å². The summed E-state index contributed by atoms with van der Waals surface area (Å²) < 4.78 is 5.50. The zero-order chi connectivity index (χ0) is 23.6. The summed E-state index contributed by atoms with van der Waals surface area (Å²) in [6, 6.07) is 7.55. The molecule has 0 fully saturated rings. The molecule has 0 saturated carbocycles. The van der Waals surface area contributed by atoms with E-state index >= 15 is 0 Å². The fourth-order valence-corrected chi connectivity index (χ4v) is 4.00. The van der Waals surface area contributed by atoms with Crippen LogP contribution in [0, 0.1) is 0 Å². The Kier molecular flexibility index (Phi) is 14.1. The molecule has 2 rings (SSSR count). The molecular weight excluding hydrogens is 408 g/mol. The fourth-order valence-electron chi connectivity index (χ4n) is 4.00. The lowest BCUT2D eigenvalue weighted by Crippen LogP contribution is -2.07. The summed E-state index contributed by atoms with van der Waals surface area (Å²) in [6.45, 7) is 4.46. The third-order valence-corrected chi connectivity index (χ3v) is 6.11. The van der Waals surface area contributed by atoms with Gasteiger partial charge in [0.05, 0.1) is 17.6 Å². The summed E-state index contributed by atoms with van der Waals surface area (Å²) in [5.74, 6) is 0.450. The highest BCUT2D eigenvalue weighted by Crippen LogP contribution is 2.21. The van der Waals surface area contributed by atoms with Gasteiger partial charge in [-0.25, -0.2) is 0 Å². The molecule has 1 aromatic heterocycles. The summed E-state index contributed by atoms with van der Waals surface area (Å²) in [7, 11) is 0. The number of nitrogens with zero attached hydrogens (tertiary/aromatic N) is 2. The Balaban J connectivity index is 1.59. The maximum Gasteiger partial charge on any atom is 0.311 e. The molecular formula is C29H44N2O2. The molecule has 4 nitrogen and oxygen atoms in total. The maximum absolute atomic E-state index is 12.1.